The second-order valence-electron chi connectivity index (χ2n) is 4.30. The number of carbonyl (C=O) groups excluding carboxylic acids is 1. The van der Waals surface area contributed by atoms with Crippen LogP contribution in [0.5, 0.6) is 5.75 Å². The summed E-state index contributed by atoms with van der Waals surface area (Å²) in [7, 11) is 0. The van der Waals surface area contributed by atoms with Gasteiger partial charge in [0.1, 0.15) is 5.56 Å². The van der Waals surface area contributed by atoms with E-state index in [2.05, 4.69) is 4.89 Å². The lowest BCUT2D eigenvalue weighted by Crippen LogP contribution is -2.03. The van der Waals surface area contributed by atoms with Gasteiger partial charge in [-0.15, -0.1) is 0 Å². The average molecular weight is 325 g/mol. The van der Waals surface area contributed by atoms with E-state index in [4.69, 9.17) is 21.0 Å². The summed E-state index contributed by atoms with van der Waals surface area (Å²) in [6, 6.07) is 10.7. The number of hydrogen-bond acceptors (Lipinski definition) is 5. The molecule has 0 bridgehead atoms. The van der Waals surface area contributed by atoms with E-state index in [1.54, 1.807) is 18.4 Å². The van der Waals surface area contributed by atoms with Crippen LogP contribution in [0.3, 0.4) is 0 Å². The maximum Gasteiger partial charge on any atom is 0.376 e. The minimum atomic E-state index is -0.868. The number of aryl methyl sites for hydroxylation is 1. The van der Waals surface area contributed by atoms with Crippen LogP contribution in [0.25, 0.3) is 11.1 Å². The summed E-state index contributed by atoms with van der Waals surface area (Å²) in [5.74, 6) is -0.553. The van der Waals surface area contributed by atoms with E-state index in [9.17, 15) is 4.79 Å². The highest BCUT2D eigenvalue weighted by molar-refractivity contribution is 7.94. The minimum Gasteiger partial charge on any atom is -0.425 e. The van der Waals surface area contributed by atoms with Gasteiger partial charge in [0.15, 0.2) is 5.75 Å². The first-order valence-electron chi connectivity index (χ1n) is 6.03. The Bertz CT molecular complexity index is 673. The lowest BCUT2D eigenvalue weighted by atomic mass is 10.0. The van der Waals surface area contributed by atoms with Crippen molar-refractivity contribution in [3.63, 3.8) is 0 Å². The van der Waals surface area contributed by atoms with E-state index in [1.807, 2.05) is 25.1 Å². The molecule has 2 aromatic carbocycles. The van der Waals surface area contributed by atoms with E-state index in [1.165, 1.54) is 6.07 Å². The predicted octanol–water partition coefficient (Wildman–Crippen LogP) is 4.60. The van der Waals surface area contributed by atoms with Crippen molar-refractivity contribution < 1.29 is 19.1 Å². The smallest absolute Gasteiger partial charge is 0.376 e. The summed E-state index contributed by atoms with van der Waals surface area (Å²) < 4.78 is 5.35. The third-order valence-electron chi connectivity index (χ3n) is 2.96. The summed E-state index contributed by atoms with van der Waals surface area (Å²) in [6.07, 6.45) is 1.73. The van der Waals surface area contributed by atoms with Crippen LogP contribution in [0.4, 0.5) is 0 Å². The second kappa shape index (κ2) is 6.85. The van der Waals surface area contributed by atoms with Crippen molar-refractivity contribution in [1.29, 1.82) is 0 Å². The Morgan fingerprint density at radius 1 is 1.19 bits per heavy atom. The average Bonchev–Trinajstić information content (AvgIpc) is 2.49. The molecule has 21 heavy (non-hydrogen) atoms. The largest absolute Gasteiger partial charge is 0.425 e. The molecule has 0 amide bonds. The predicted molar refractivity (Wildman–Crippen MR) is 83.8 cm³/mol. The van der Waals surface area contributed by atoms with Gasteiger partial charge in [-0.25, -0.2) is 4.79 Å². The molecule has 4 nitrogen and oxygen atoms in total. The Hall–Kier alpha value is -1.69. The zero-order chi connectivity index (χ0) is 15.4. The van der Waals surface area contributed by atoms with E-state index >= 15 is 0 Å². The van der Waals surface area contributed by atoms with Crippen LogP contribution >= 0.6 is 23.6 Å². The van der Waals surface area contributed by atoms with Crippen molar-refractivity contribution in [3.05, 3.63) is 52.5 Å². The zero-order valence-electron chi connectivity index (χ0n) is 11.4. The molecule has 0 saturated carbocycles. The van der Waals surface area contributed by atoms with Crippen LogP contribution in [0, 0.1) is 6.92 Å². The molecular weight excluding hydrogens is 312 g/mol. The highest BCUT2D eigenvalue weighted by atomic mass is 35.5. The van der Waals surface area contributed by atoms with Crippen LogP contribution in [0.1, 0.15) is 15.9 Å². The molecule has 2 aromatic rings. The zero-order valence-corrected chi connectivity index (χ0v) is 13.0. The van der Waals surface area contributed by atoms with E-state index in [0.717, 1.165) is 28.7 Å². The van der Waals surface area contributed by atoms with Gasteiger partial charge in [-0.2, -0.15) is 5.26 Å². The quantitative estimate of drug-likeness (QED) is 0.506. The van der Waals surface area contributed by atoms with Gasteiger partial charge in [0.25, 0.3) is 0 Å². The fourth-order valence-corrected chi connectivity index (χ4v) is 2.35. The van der Waals surface area contributed by atoms with Crippen LogP contribution in [0.15, 0.2) is 36.4 Å². The molecule has 0 aliphatic rings. The molecule has 0 aromatic heterocycles. The Morgan fingerprint density at radius 2 is 1.86 bits per heavy atom. The van der Waals surface area contributed by atoms with Gasteiger partial charge < -0.3 is 4.18 Å². The maximum atomic E-state index is 11.5. The first-order valence-corrected chi connectivity index (χ1v) is 7.56. The first kappa shape index (κ1) is 15.7. The standard InChI is InChI=1S/C15H13ClO4S/c1-9-3-4-10(7-13(9)16)11-5-6-12(15(17)19-18)14(8-11)20-21-2/h3-8,18H,1-2H3. The molecule has 110 valence electrons. The van der Waals surface area contributed by atoms with Gasteiger partial charge in [0.05, 0.1) is 12.0 Å². The van der Waals surface area contributed by atoms with Gasteiger partial charge in [-0.3, -0.25) is 4.89 Å². The summed E-state index contributed by atoms with van der Waals surface area (Å²) in [5, 5.41) is 9.17. The first-order chi connectivity index (χ1) is 10.1. The molecule has 2 rings (SSSR count). The number of benzene rings is 2. The van der Waals surface area contributed by atoms with E-state index in [-0.39, 0.29) is 5.56 Å². The molecule has 6 heteroatoms. The van der Waals surface area contributed by atoms with Gasteiger partial charge in [0.2, 0.25) is 0 Å². The molecule has 0 aliphatic carbocycles. The lowest BCUT2D eigenvalue weighted by Gasteiger charge is -2.10. The van der Waals surface area contributed by atoms with Crippen molar-refractivity contribution in [1.82, 2.24) is 0 Å². The van der Waals surface area contributed by atoms with Gasteiger partial charge in [0, 0.05) is 11.3 Å². The maximum absolute atomic E-state index is 11.5. The number of hydrogen-bond donors (Lipinski definition) is 1. The molecule has 0 radical (unpaired) electrons. The molecule has 0 aliphatic heterocycles. The SMILES string of the molecule is CSOc1cc(-c2ccc(C)c(Cl)c2)ccc1C(=O)OO. The minimum absolute atomic E-state index is 0.147. The van der Waals surface area contributed by atoms with Crippen LogP contribution in [0.2, 0.25) is 5.02 Å². The summed E-state index contributed by atoms with van der Waals surface area (Å²) in [5.41, 5.74) is 2.88. The molecular formula is C15H13ClO4S. The van der Waals surface area contributed by atoms with E-state index in [0.29, 0.717) is 10.8 Å². The Morgan fingerprint density at radius 3 is 2.48 bits per heavy atom. The Kier molecular flexibility index (Phi) is 5.12. The van der Waals surface area contributed by atoms with Gasteiger partial charge >= 0.3 is 5.97 Å². The van der Waals surface area contributed by atoms with Crippen LogP contribution in [-0.4, -0.2) is 17.5 Å². The third-order valence-corrected chi connectivity index (χ3v) is 3.72. The lowest BCUT2D eigenvalue weighted by molar-refractivity contribution is -0.182. The fraction of sp³-hybridized carbons (Fsp3) is 0.133. The normalized spacial score (nSPS) is 10.3. The monoisotopic (exact) mass is 324 g/mol. The Labute approximate surface area is 131 Å². The number of rotatable bonds is 4. The van der Waals surface area contributed by atoms with Gasteiger partial charge in [-0.05, 0) is 41.8 Å². The van der Waals surface area contributed by atoms with Crippen molar-refractivity contribution in [2.45, 2.75) is 6.92 Å². The molecule has 0 fully saturated rings. The molecule has 0 atom stereocenters. The Balaban J connectivity index is 2.48. The number of carbonyl (C=O) groups is 1. The van der Waals surface area contributed by atoms with Crippen LogP contribution in [-0.2, 0) is 4.89 Å². The van der Waals surface area contributed by atoms with Crippen LogP contribution < -0.4 is 4.18 Å². The molecule has 0 unspecified atom stereocenters. The highest BCUT2D eigenvalue weighted by Gasteiger charge is 2.16. The fourth-order valence-electron chi connectivity index (χ4n) is 1.85. The van der Waals surface area contributed by atoms with E-state index < -0.39 is 5.97 Å². The van der Waals surface area contributed by atoms with Crippen molar-refractivity contribution in [2.75, 3.05) is 6.26 Å². The van der Waals surface area contributed by atoms with Gasteiger partial charge in [-0.1, -0.05) is 29.8 Å². The highest BCUT2D eigenvalue weighted by Crippen LogP contribution is 2.31. The third kappa shape index (κ3) is 3.50. The number of halogens is 1. The summed E-state index contributed by atoms with van der Waals surface area (Å²) in [6.45, 7) is 1.93. The summed E-state index contributed by atoms with van der Waals surface area (Å²) in [4.78, 5) is 15.2. The van der Waals surface area contributed by atoms with Crippen molar-refractivity contribution in [2.24, 2.45) is 0 Å². The molecule has 1 N–H and O–H groups in total. The molecule has 0 heterocycles. The topological polar surface area (TPSA) is 55.8 Å². The van der Waals surface area contributed by atoms with Crippen molar-refractivity contribution in [3.8, 4) is 16.9 Å². The summed E-state index contributed by atoms with van der Waals surface area (Å²) >= 11 is 7.22. The second-order valence-corrected chi connectivity index (χ2v) is 5.21. The molecule has 0 spiro atoms. The molecule has 0 saturated heterocycles. The van der Waals surface area contributed by atoms with Crippen molar-refractivity contribution >= 4 is 29.6 Å².